The Kier molecular flexibility index (Phi) is 5.07. The van der Waals surface area contributed by atoms with Crippen LogP contribution in [0.5, 0.6) is 0 Å². The molecule has 0 aliphatic carbocycles. The maximum Gasteiger partial charge on any atom is 0.150 e. The quantitative estimate of drug-likeness (QED) is 0.603. The molecule has 0 heterocycles. The van der Waals surface area contributed by atoms with E-state index in [2.05, 4.69) is 13.8 Å². The zero-order chi connectivity index (χ0) is 8.85. The van der Waals surface area contributed by atoms with Crippen LogP contribution in [0, 0.1) is 5.92 Å². The highest BCUT2D eigenvalue weighted by atomic mass is 16.1. The molecule has 0 fully saturated rings. The first kappa shape index (κ1) is 10.6. The maximum atomic E-state index is 11.1. The van der Waals surface area contributed by atoms with E-state index in [-0.39, 0.29) is 11.8 Å². The third-order valence-electron chi connectivity index (χ3n) is 1.53. The highest BCUT2D eigenvalue weighted by Gasteiger charge is 2.13. The van der Waals surface area contributed by atoms with E-state index in [4.69, 9.17) is 11.5 Å². The summed E-state index contributed by atoms with van der Waals surface area (Å²) in [4.78, 5) is 11.1. The van der Waals surface area contributed by atoms with Crippen LogP contribution in [-0.4, -0.2) is 18.4 Å². The smallest absolute Gasteiger partial charge is 0.150 e. The van der Waals surface area contributed by atoms with Crippen LogP contribution in [0.2, 0.25) is 0 Å². The van der Waals surface area contributed by atoms with Crippen LogP contribution in [0.3, 0.4) is 0 Å². The van der Waals surface area contributed by atoms with E-state index in [1.165, 1.54) is 0 Å². The van der Waals surface area contributed by atoms with Crippen LogP contribution < -0.4 is 11.5 Å². The van der Waals surface area contributed by atoms with Gasteiger partial charge in [0.2, 0.25) is 0 Å². The molecule has 0 spiro atoms. The van der Waals surface area contributed by atoms with E-state index < -0.39 is 0 Å². The highest BCUT2D eigenvalue weighted by molar-refractivity contribution is 5.83. The summed E-state index contributed by atoms with van der Waals surface area (Å²) < 4.78 is 0. The van der Waals surface area contributed by atoms with E-state index in [1.807, 2.05) is 0 Å². The molecular formula is C8H18N2O. The van der Waals surface area contributed by atoms with Gasteiger partial charge in [0.15, 0.2) is 5.78 Å². The second kappa shape index (κ2) is 5.27. The Labute approximate surface area is 68.1 Å². The number of hydrogen-bond acceptors (Lipinski definition) is 3. The molecule has 0 radical (unpaired) electrons. The molecule has 11 heavy (non-hydrogen) atoms. The fraction of sp³-hybridized carbons (Fsp3) is 0.875. The molecule has 3 heteroatoms. The van der Waals surface area contributed by atoms with Gasteiger partial charge in [-0.2, -0.15) is 0 Å². The largest absolute Gasteiger partial charge is 0.330 e. The van der Waals surface area contributed by atoms with Crippen molar-refractivity contribution >= 4 is 5.78 Å². The van der Waals surface area contributed by atoms with Crippen molar-refractivity contribution in [1.29, 1.82) is 0 Å². The first-order chi connectivity index (χ1) is 5.07. The van der Waals surface area contributed by atoms with Gasteiger partial charge in [-0.1, -0.05) is 13.8 Å². The van der Waals surface area contributed by atoms with Crippen molar-refractivity contribution in [1.82, 2.24) is 0 Å². The Bertz CT molecular complexity index is 123. The maximum absolute atomic E-state index is 11.1. The molecule has 0 bridgehead atoms. The van der Waals surface area contributed by atoms with E-state index in [0.29, 0.717) is 18.9 Å². The molecule has 0 aliphatic heterocycles. The first-order valence-corrected chi connectivity index (χ1v) is 4.06. The Hall–Kier alpha value is -0.410. The van der Waals surface area contributed by atoms with Gasteiger partial charge in [-0.25, -0.2) is 0 Å². The number of carbonyl (C=O) groups is 1. The molecule has 0 aliphatic rings. The van der Waals surface area contributed by atoms with Crippen molar-refractivity contribution in [2.45, 2.75) is 32.7 Å². The zero-order valence-electron chi connectivity index (χ0n) is 7.34. The summed E-state index contributed by atoms with van der Waals surface area (Å²) >= 11 is 0. The van der Waals surface area contributed by atoms with Gasteiger partial charge in [-0.15, -0.1) is 0 Å². The number of carbonyl (C=O) groups excluding carboxylic acids is 1. The van der Waals surface area contributed by atoms with Gasteiger partial charge >= 0.3 is 0 Å². The summed E-state index contributed by atoms with van der Waals surface area (Å²) in [5.74, 6) is 0.563. The number of ketones is 1. The molecule has 3 nitrogen and oxygen atoms in total. The van der Waals surface area contributed by atoms with Gasteiger partial charge in [-0.05, 0) is 18.9 Å². The van der Waals surface area contributed by atoms with Gasteiger partial charge in [-0.3, -0.25) is 4.79 Å². The van der Waals surface area contributed by atoms with Crippen molar-refractivity contribution < 1.29 is 4.79 Å². The third-order valence-corrected chi connectivity index (χ3v) is 1.53. The predicted octanol–water partition coefficient (Wildman–Crippen LogP) is 0.278. The third kappa shape index (κ3) is 4.93. The lowest BCUT2D eigenvalue weighted by atomic mass is 10.00. The molecule has 0 aromatic rings. The predicted molar refractivity (Wildman–Crippen MR) is 46.1 cm³/mol. The van der Waals surface area contributed by atoms with Gasteiger partial charge < -0.3 is 11.5 Å². The van der Waals surface area contributed by atoms with E-state index in [1.54, 1.807) is 0 Å². The van der Waals surface area contributed by atoms with E-state index in [9.17, 15) is 4.79 Å². The van der Waals surface area contributed by atoms with Crippen molar-refractivity contribution in [3.8, 4) is 0 Å². The average molecular weight is 158 g/mol. The van der Waals surface area contributed by atoms with Gasteiger partial charge in [0.25, 0.3) is 0 Å². The van der Waals surface area contributed by atoms with Crippen molar-refractivity contribution in [2.75, 3.05) is 6.54 Å². The number of Topliss-reactive ketones (excluding diaryl/α,β-unsaturated/α-hetero) is 1. The fourth-order valence-electron chi connectivity index (χ4n) is 0.967. The first-order valence-electron chi connectivity index (χ1n) is 4.06. The molecule has 0 rings (SSSR count). The summed E-state index contributed by atoms with van der Waals surface area (Å²) in [6.07, 6.45) is 1.17. The van der Waals surface area contributed by atoms with E-state index >= 15 is 0 Å². The second-order valence-electron chi connectivity index (χ2n) is 3.24. The van der Waals surface area contributed by atoms with Crippen LogP contribution in [0.1, 0.15) is 26.7 Å². The Balaban J connectivity index is 3.64. The molecule has 0 aromatic heterocycles. The minimum absolute atomic E-state index is 0.0844. The molecule has 4 N–H and O–H groups in total. The molecular weight excluding hydrogens is 140 g/mol. The molecule has 0 saturated heterocycles. The Morgan fingerprint density at radius 3 is 2.36 bits per heavy atom. The topological polar surface area (TPSA) is 69.1 Å². The second-order valence-corrected chi connectivity index (χ2v) is 3.24. The van der Waals surface area contributed by atoms with Crippen LogP contribution in [-0.2, 0) is 4.79 Å². The molecule has 0 amide bonds. The van der Waals surface area contributed by atoms with Crippen molar-refractivity contribution in [3.05, 3.63) is 0 Å². The van der Waals surface area contributed by atoms with Crippen molar-refractivity contribution in [2.24, 2.45) is 17.4 Å². The minimum atomic E-state index is -0.307. The molecule has 0 unspecified atom stereocenters. The lowest BCUT2D eigenvalue weighted by Crippen LogP contribution is -2.33. The summed E-state index contributed by atoms with van der Waals surface area (Å²) in [5.41, 5.74) is 10.8. The summed E-state index contributed by atoms with van der Waals surface area (Å²) in [6, 6.07) is -0.307. The monoisotopic (exact) mass is 158 g/mol. The normalized spacial score (nSPS) is 13.5. The number of rotatable bonds is 5. The van der Waals surface area contributed by atoms with Gasteiger partial charge in [0.1, 0.15) is 0 Å². The standard InChI is InChI=1S/C8H18N2O/c1-6(2)5-7(10)8(11)3-4-9/h6-7H,3-5,9-10H2,1-2H3/t7-/m1/s1. The molecule has 66 valence electrons. The minimum Gasteiger partial charge on any atom is -0.330 e. The summed E-state index contributed by atoms with van der Waals surface area (Å²) in [6.45, 7) is 4.51. The Morgan fingerprint density at radius 1 is 1.45 bits per heavy atom. The SMILES string of the molecule is CC(C)C[C@@H](N)C(=O)CCN. The van der Waals surface area contributed by atoms with Gasteiger partial charge in [0, 0.05) is 6.42 Å². The molecule has 0 aromatic carbocycles. The van der Waals surface area contributed by atoms with Crippen molar-refractivity contribution in [3.63, 3.8) is 0 Å². The van der Waals surface area contributed by atoms with Crippen LogP contribution >= 0.6 is 0 Å². The van der Waals surface area contributed by atoms with E-state index in [0.717, 1.165) is 6.42 Å². The molecule has 0 saturated carbocycles. The number of hydrogen-bond donors (Lipinski definition) is 2. The van der Waals surface area contributed by atoms with Crippen LogP contribution in [0.25, 0.3) is 0 Å². The highest BCUT2D eigenvalue weighted by Crippen LogP contribution is 2.04. The average Bonchev–Trinajstić information content (AvgIpc) is 1.86. The summed E-state index contributed by atoms with van der Waals surface area (Å²) in [7, 11) is 0. The Morgan fingerprint density at radius 2 is 2.00 bits per heavy atom. The lowest BCUT2D eigenvalue weighted by molar-refractivity contribution is -0.120. The zero-order valence-corrected chi connectivity index (χ0v) is 7.34. The number of nitrogens with two attached hydrogens (primary N) is 2. The lowest BCUT2D eigenvalue weighted by Gasteiger charge is -2.11. The van der Waals surface area contributed by atoms with Crippen LogP contribution in [0.4, 0.5) is 0 Å². The van der Waals surface area contributed by atoms with Gasteiger partial charge in [0.05, 0.1) is 6.04 Å². The fourth-order valence-corrected chi connectivity index (χ4v) is 0.967. The van der Waals surface area contributed by atoms with Crippen LogP contribution in [0.15, 0.2) is 0 Å². The summed E-state index contributed by atoms with van der Waals surface area (Å²) in [5, 5.41) is 0. The molecule has 1 atom stereocenters.